The molecule has 0 atom stereocenters. The number of anilines is 1. The van der Waals surface area contributed by atoms with Crippen LogP contribution in [0.1, 0.15) is 31.9 Å². The summed E-state index contributed by atoms with van der Waals surface area (Å²) < 4.78 is 39.3. The number of pyridine rings is 1. The first kappa shape index (κ1) is 13.9. The SMILES string of the molecule is CC1=CC(C)(C)Nc2cc3nccc(C(F)(F)F)c3cc21. The molecule has 0 amide bonds. The number of halogens is 3. The molecule has 1 aromatic carbocycles. The first-order valence-electron chi connectivity index (χ1n) is 6.65. The zero-order valence-electron chi connectivity index (χ0n) is 12.0. The highest BCUT2D eigenvalue weighted by Gasteiger charge is 2.33. The molecule has 1 aromatic heterocycles. The van der Waals surface area contributed by atoms with E-state index in [1.54, 1.807) is 12.1 Å². The van der Waals surface area contributed by atoms with Crippen molar-refractivity contribution in [1.29, 1.82) is 0 Å². The van der Waals surface area contributed by atoms with Gasteiger partial charge in [-0.25, -0.2) is 0 Å². The summed E-state index contributed by atoms with van der Waals surface area (Å²) in [7, 11) is 0. The highest BCUT2D eigenvalue weighted by atomic mass is 19.4. The number of alkyl halides is 3. The van der Waals surface area contributed by atoms with Gasteiger partial charge in [0.25, 0.3) is 0 Å². The van der Waals surface area contributed by atoms with Crippen molar-refractivity contribution >= 4 is 22.2 Å². The number of fused-ring (bicyclic) bond motifs is 2. The summed E-state index contributed by atoms with van der Waals surface area (Å²) in [4.78, 5) is 4.08. The number of aromatic nitrogens is 1. The molecule has 0 radical (unpaired) electrons. The zero-order valence-corrected chi connectivity index (χ0v) is 12.0. The number of allylic oxidation sites excluding steroid dienone is 1. The molecule has 21 heavy (non-hydrogen) atoms. The summed E-state index contributed by atoms with van der Waals surface area (Å²) >= 11 is 0. The van der Waals surface area contributed by atoms with Gasteiger partial charge in [-0.3, -0.25) is 4.98 Å². The van der Waals surface area contributed by atoms with Crippen LogP contribution < -0.4 is 5.32 Å². The van der Waals surface area contributed by atoms with Crippen molar-refractivity contribution in [1.82, 2.24) is 4.98 Å². The second kappa shape index (κ2) is 4.23. The molecule has 1 aliphatic rings. The lowest BCUT2D eigenvalue weighted by Crippen LogP contribution is -2.31. The van der Waals surface area contributed by atoms with Crippen LogP contribution in [0.2, 0.25) is 0 Å². The molecule has 0 aliphatic carbocycles. The monoisotopic (exact) mass is 292 g/mol. The Balaban J connectivity index is 2.30. The molecule has 2 aromatic rings. The Labute approximate surface area is 120 Å². The quantitative estimate of drug-likeness (QED) is 0.750. The van der Waals surface area contributed by atoms with Gasteiger partial charge >= 0.3 is 6.18 Å². The van der Waals surface area contributed by atoms with Crippen molar-refractivity contribution in [2.24, 2.45) is 0 Å². The average molecular weight is 292 g/mol. The number of hydrogen-bond acceptors (Lipinski definition) is 2. The number of hydrogen-bond donors (Lipinski definition) is 1. The van der Waals surface area contributed by atoms with Crippen LogP contribution in [-0.4, -0.2) is 10.5 Å². The Morgan fingerprint density at radius 3 is 2.57 bits per heavy atom. The van der Waals surface area contributed by atoms with Crippen molar-refractivity contribution < 1.29 is 13.2 Å². The van der Waals surface area contributed by atoms with Crippen LogP contribution in [0.15, 0.2) is 30.5 Å². The zero-order chi connectivity index (χ0) is 15.4. The molecular formula is C16H15F3N2. The highest BCUT2D eigenvalue weighted by molar-refractivity contribution is 5.93. The van der Waals surface area contributed by atoms with Gasteiger partial charge in [-0.2, -0.15) is 13.2 Å². The van der Waals surface area contributed by atoms with Gasteiger partial charge < -0.3 is 5.32 Å². The second-order valence-electron chi connectivity index (χ2n) is 5.95. The van der Waals surface area contributed by atoms with Crippen LogP contribution in [0.4, 0.5) is 18.9 Å². The highest BCUT2D eigenvalue weighted by Crippen LogP contribution is 2.40. The van der Waals surface area contributed by atoms with E-state index in [4.69, 9.17) is 0 Å². The van der Waals surface area contributed by atoms with E-state index >= 15 is 0 Å². The van der Waals surface area contributed by atoms with Crippen LogP contribution in [-0.2, 0) is 6.18 Å². The summed E-state index contributed by atoms with van der Waals surface area (Å²) in [6.45, 7) is 5.95. The standard InChI is InChI=1S/C16H15F3N2/c1-9-8-15(2,3)21-14-7-13-11(6-10(9)14)12(4-5-20-13)16(17,18)19/h4-8,21H,1-3H3. The van der Waals surface area contributed by atoms with Crippen molar-refractivity contribution in [2.45, 2.75) is 32.5 Å². The van der Waals surface area contributed by atoms with E-state index in [9.17, 15) is 13.2 Å². The van der Waals surface area contributed by atoms with Gasteiger partial charge in [0.2, 0.25) is 0 Å². The summed E-state index contributed by atoms with van der Waals surface area (Å²) in [5, 5.41) is 3.46. The maximum Gasteiger partial charge on any atom is 0.417 e. The largest absolute Gasteiger partial charge is 0.417 e. The van der Waals surface area contributed by atoms with Crippen molar-refractivity contribution in [2.75, 3.05) is 5.32 Å². The minimum Gasteiger partial charge on any atom is -0.376 e. The molecule has 0 bridgehead atoms. The normalized spacial score (nSPS) is 17.1. The molecule has 2 heterocycles. The van der Waals surface area contributed by atoms with Gasteiger partial charge in [0.1, 0.15) is 0 Å². The fourth-order valence-electron chi connectivity index (χ4n) is 2.87. The van der Waals surface area contributed by atoms with E-state index in [0.29, 0.717) is 5.52 Å². The third-order valence-electron chi connectivity index (χ3n) is 3.65. The first-order chi connectivity index (χ1) is 9.67. The van der Waals surface area contributed by atoms with Crippen LogP contribution in [0, 0.1) is 0 Å². The van der Waals surface area contributed by atoms with E-state index in [0.717, 1.165) is 22.9 Å². The Bertz CT molecular complexity index is 758. The van der Waals surface area contributed by atoms with E-state index in [-0.39, 0.29) is 10.9 Å². The molecule has 1 aliphatic heterocycles. The second-order valence-corrected chi connectivity index (χ2v) is 5.95. The molecule has 110 valence electrons. The number of nitrogens with zero attached hydrogens (tertiary/aromatic N) is 1. The number of benzene rings is 1. The van der Waals surface area contributed by atoms with Crippen LogP contribution >= 0.6 is 0 Å². The smallest absolute Gasteiger partial charge is 0.376 e. The fraction of sp³-hybridized carbons (Fsp3) is 0.312. The van der Waals surface area contributed by atoms with Gasteiger partial charge in [-0.15, -0.1) is 0 Å². The topological polar surface area (TPSA) is 24.9 Å². The minimum absolute atomic E-state index is 0.137. The lowest BCUT2D eigenvalue weighted by molar-refractivity contribution is -0.136. The summed E-state index contributed by atoms with van der Waals surface area (Å²) in [6.07, 6.45) is -1.16. The number of nitrogens with one attached hydrogen (secondary N) is 1. The molecule has 3 rings (SSSR count). The summed E-state index contributed by atoms with van der Waals surface area (Å²) in [5.74, 6) is 0. The summed E-state index contributed by atoms with van der Waals surface area (Å²) in [5.41, 5.74) is 2.05. The van der Waals surface area contributed by atoms with Crippen molar-refractivity contribution in [3.63, 3.8) is 0 Å². The van der Waals surface area contributed by atoms with Gasteiger partial charge in [-0.1, -0.05) is 6.08 Å². The van der Waals surface area contributed by atoms with Crippen LogP contribution in [0.25, 0.3) is 16.5 Å². The Kier molecular flexibility index (Phi) is 2.80. The third-order valence-corrected chi connectivity index (χ3v) is 3.65. The number of rotatable bonds is 0. The van der Waals surface area contributed by atoms with Crippen molar-refractivity contribution in [3.05, 3.63) is 41.6 Å². The first-order valence-corrected chi connectivity index (χ1v) is 6.65. The molecule has 0 saturated heterocycles. The third kappa shape index (κ3) is 2.37. The van der Waals surface area contributed by atoms with Gasteiger partial charge in [-0.05, 0) is 44.5 Å². The van der Waals surface area contributed by atoms with E-state index in [1.165, 1.54) is 6.20 Å². The Morgan fingerprint density at radius 1 is 1.19 bits per heavy atom. The molecule has 0 unspecified atom stereocenters. The molecule has 0 fully saturated rings. The maximum absolute atomic E-state index is 13.1. The summed E-state index contributed by atoms with van der Waals surface area (Å²) in [6, 6.07) is 4.29. The molecule has 0 saturated carbocycles. The molecule has 5 heteroatoms. The Morgan fingerprint density at radius 2 is 1.90 bits per heavy atom. The molecule has 0 spiro atoms. The van der Waals surface area contributed by atoms with Crippen molar-refractivity contribution in [3.8, 4) is 0 Å². The van der Waals surface area contributed by atoms with Crippen LogP contribution in [0.5, 0.6) is 0 Å². The maximum atomic E-state index is 13.1. The lowest BCUT2D eigenvalue weighted by Gasteiger charge is -2.31. The fourth-order valence-corrected chi connectivity index (χ4v) is 2.87. The predicted octanol–water partition coefficient (Wildman–Crippen LogP) is 4.86. The molecular weight excluding hydrogens is 277 g/mol. The lowest BCUT2D eigenvalue weighted by atomic mass is 9.90. The van der Waals surface area contributed by atoms with Gasteiger partial charge in [0.05, 0.1) is 16.6 Å². The van der Waals surface area contributed by atoms with Gasteiger partial charge in [0.15, 0.2) is 0 Å². The predicted molar refractivity (Wildman–Crippen MR) is 78.1 cm³/mol. The van der Waals surface area contributed by atoms with Gasteiger partial charge in [0, 0.05) is 22.8 Å². The molecule has 2 nitrogen and oxygen atoms in total. The average Bonchev–Trinajstić information content (AvgIpc) is 2.33. The van der Waals surface area contributed by atoms with E-state index < -0.39 is 11.7 Å². The Hall–Kier alpha value is -2.04. The van der Waals surface area contributed by atoms with Crippen LogP contribution in [0.3, 0.4) is 0 Å². The molecule has 1 N–H and O–H groups in total. The minimum atomic E-state index is -4.38. The van der Waals surface area contributed by atoms with E-state index in [2.05, 4.69) is 10.3 Å². The van der Waals surface area contributed by atoms with E-state index in [1.807, 2.05) is 26.8 Å².